The summed E-state index contributed by atoms with van der Waals surface area (Å²) in [6.07, 6.45) is 0. The molecular formula is C11H12N2O2. The third kappa shape index (κ3) is 1.70. The summed E-state index contributed by atoms with van der Waals surface area (Å²) < 4.78 is 4.50. The monoisotopic (exact) mass is 204 g/mol. The largest absolute Gasteiger partial charge is 0.439 e. The number of hydrogen-bond acceptors (Lipinski definition) is 3. The van der Waals surface area contributed by atoms with Gasteiger partial charge in [0.2, 0.25) is 0 Å². The van der Waals surface area contributed by atoms with Crippen molar-refractivity contribution in [1.82, 2.24) is 10.1 Å². The lowest BCUT2D eigenvalue weighted by Crippen LogP contribution is -1.97. The SMILES string of the molecule is Cc1cc(C)c(-c2noc(=O)[nH]2)c(C)c1. The van der Waals surface area contributed by atoms with Crippen LogP contribution in [0, 0.1) is 20.8 Å². The van der Waals surface area contributed by atoms with E-state index in [1.54, 1.807) is 0 Å². The zero-order valence-electron chi connectivity index (χ0n) is 8.92. The van der Waals surface area contributed by atoms with Crippen LogP contribution in [0.25, 0.3) is 11.4 Å². The summed E-state index contributed by atoms with van der Waals surface area (Å²) in [4.78, 5) is 13.4. The summed E-state index contributed by atoms with van der Waals surface area (Å²) >= 11 is 0. The second kappa shape index (κ2) is 3.38. The summed E-state index contributed by atoms with van der Waals surface area (Å²) in [5.74, 6) is -0.0284. The molecule has 0 aliphatic carbocycles. The quantitative estimate of drug-likeness (QED) is 0.772. The van der Waals surface area contributed by atoms with Crippen LogP contribution in [-0.4, -0.2) is 10.1 Å². The number of H-pyrrole nitrogens is 1. The molecule has 2 rings (SSSR count). The van der Waals surface area contributed by atoms with Crippen LogP contribution >= 0.6 is 0 Å². The topological polar surface area (TPSA) is 58.9 Å². The number of aryl methyl sites for hydroxylation is 3. The van der Waals surface area contributed by atoms with Crippen molar-refractivity contribution in [3.63, 3.8) is 0 Å². The molecule has 0 fully saturated rings. The van der Waals surface area contributed by atoms with Crippen LogP contribution in [0.1, 0.15) is 16.7 Å². The Hall–Kier alpha value is -1.84. The highest BCUT2D eigenvalue weighted by atomic mass is 16.5. The van der Waals surface area contributed by atoms with E-state index >= 15 is 0 Å². The van der Waals surface area contributed by atoms with Crippen molar-refractivity contribution in [1.29, 1.82) is 0 Å². The average Bonchev–Trinajstić information content (AvgIpc) is 2.49. The van der Waals surface area contributed by atoms with Gasteiger partial charge < -0.3 is 0 Å². The van der Waals surface area contributed by atoms with Gasteiger partial charge in [-0.25, -0.2) is 4.79 Å². The molecule has 15 heavy (non-hydrogen) atoms. The summed E-state index contributed by atoms with van der Waals surface area (Å²) in [6.45, 7) is 6.01. The predicted molar refractivity (Wildman–Crippen MR) is 56.8 cm³/mol. The lowest BCUT2D eigenvalue weighted by atomic mass is 9.99. The summed E-state index contributed by atoms with van der Waals surface area (Å²) in [5.41, 5.74) is 4.29. The number of nitrogens with zero attached hydrogens (tertiary/aromatic N) is 1. The molecule has 0 spiro atoms. The van der Waals surface area contributed by atoms with Crippen LogP contribution in [0.4, 0.5) is 0 Å². The van der Waals surface area contributed by atoms with Gasteiger partial charge in [-0.1, -0.05) is 22.9 Å². The Labute approximate surface area is 86.9 Å². The van der Waals surface area contributed by atoms with E-state index in [2.05, 4.69) is 26.8 Å². The molecule has 0 atom stereocenters. The molecule has 1 aromatic carbocycles. The molecule has 1 heterocycles. The van der Waals surface area contributed by atoms with Gasteiger partial charge in [-0.15, -0.1) is 0 Å². The molecule has 1 N–H and O–H groups in total. The fourth-order valence-corrected chi connectivity index (χ4v) is 1.89. The Morgan fingerprint density at radius 2 is 1.80 bits per heavy atom. The van der Waals surface area contributed by atoms with Gasteiger partial charge >= 0.3 is 5.76 Å². The van der Waals surface area contributed by atoms with Crippen molar-refractivity contribution in [2.75, 3.05) is 0 Å². The molecule has 0 radical (unpaired) electrons. The Morgan fingerprint density at radius 1 is 1.20 bits per heavy atom. The molecule has 0 saturated carbocycles. The van der Waals surface area contributed by atoms with E-state index in [4.69, 9.17) is 0 Å². The Balaban J connectivity index is 2.67. The summed E-state index contributed by atoms with van der Waals surface area (Å²) in [7, 11) is 0. The minimum absolute atomic E-state index is 0.495. The van der Waals surface area contributed by atoms with Crippen molar-refractivity contribution in [2.45, 2.75) is 20.8 Å². The molecule has 0 aliphatic rings. The van der Waals surface area contributed by atoms with Gasteiger partial charge in [-0.2, -0.15) is 0 Å². The van der Waals surface area contributed by atoms with Crippen molar-refractivity contribution < 1.29 is 4.52 Å². The number of nitrogens with one attached hydrogen (secondary N) is 1. The maximum absolute atomic E-state index is 10.9. The van der Waals surface area contributed by atoms with Crippen LogP contribution in [0.2, 0.25) is 0 Å². The van der Waals surface area contributed by atoms with Gasteiger partial charge in [0.1, 0.15) is 0 Å². The lowest BCUT2D eigenvalue weighted by Gasteiger charge is -2.07. The first-order valence-corrected chi connectivity index (χ1v) is 4.72. The number of rotatable bonds is 1. The lowest BCUT2D eigenvalue weighted by molar-refractivity contribution is 0.388. The first kappa shape index (κ1) is 9.71. The van der Waals surface area contributed by atoms with Crippen molar-refractivity contribution in [3.8, 4) is 11.4 Å². The van der Waals surface area contributed by atoms with Crippen LogP contribution in [0.3, 0.4) is 0 Å². The van der Waals surface area contributed by atoms with Crippen molar-refractivity contribution in [2.24, 2.45) is 0 Å². The minimum Gasteiger partial charge on any atom is -0.296 e. The van der Waals surface area contributed by atoms with Crippen LogP contribution < -0.4 is 5.76 Å². The fraction of sp³-hybridized carbons (Fsp3) is 0.273. The molecule has 1 aromatic heterocycles. The average molecular weight is 204 g/mol. The first-order valence-electron chi connectivity index (χ1n) is 4.72. The summed E-state index contributed by atoms with van der Waals surface area (Å²) in [5, 5.41) is 3.69. The molecule has 0 bridgehead atoms. The van der Waals surface area contributed by atoms with Crippen LogP contribution in [0.15, 0.2) is 21.5 Å². The fourth-order valence-electron chi connectivity index (χ4n) is 1.89. The van der Waals surface area contributed by atoms with E-state index in [0.717, 1.165) is 16.7 Å². The molecule has 0 unspecified atom stereocenters. The van der Waals surface area contributed by atoms with E-state index in [1.807, 2.05) is 20.8 Å². The molecule has 0 amide bonds. The Bertz CT molecular complexity index is 529. The van der Waals surface area contributed by atoms with Gasteiger partial charge in [-0.3, -0.25) is 9.51 Å². The van der Waals surface area contributed by atoms with E-state index in [0.29, 0.717) is 5.82 Å². The Kier molecular flexibility index (Phi) is 2.19. The summed E-state index contributed by atoms with van der Waals surface area (Å²) in [6, 6.07) is 4.10. The second-order valence-electron chi connectivity index (χ2n) is 3.72. The third-order valence-corrected chi connectivity index (χ3v) is 2.35. The predicted octanol–water partition coefficient (Wildman–Crippen LogP) is 1.96. The van der Waals surface area contributed by atoms with Gasteiger partial charge in [0.25, 0.3) is 0 Å². The second-order valence-corrected chi connectivity index (χ2v) is 3.72. The van der Waals surface area contributed by atoms with Gasteiger partial charge in [0.05, 0.1) is 0 Å². The molecular weight excluding hydrogens is 192 g/mol. The number of aromatic nitrogens is 2. The first-order chi connectivity index (χ1) is 7.08. The van der Waals surface area contributed by atoms with E-state index in [9.17, 15) is 4.79 Å². The molecule has 0 saturated heterocycles. The van der Waals surface area contributed by atoms with Gasteiger partial charge in [-0.05, 0) is 31.9 Å². The van der Waals surface area contributed by atoms with E-state index < -0.39 is 5.76 Å². The van der Waals surface area contributed by atoms with Crippen LogP contribution in [-0.2, 0) is 0 Å². The third-order valence-electron chi connectivity index (χ3n) is 2.35. The molecule has 78 valence electrons. The smallest absolute Gasteiger partial charge is 0.296 e. The minimum atomic E-state index is -0.524. The van der Waals surface area contributed by atoms with Crippen LogP contribution in [0.5, 0.6) is 0 Å². The van der Waals surface area contributed by atoms with Gasteiger partial charge in [0.15, 0.2) is 5.82 Å². The zero-order valence-corrected chi connectivity index (χ0v) is 8.92. The van der Waals surface area contributed by atoms with E-state index in [1.165, 1.54) is 5.56 Å². The number of aromatic amines is 1. The molecule has 4 nitrogen and oxygen atoms in total. The van der Waals surface area contributed by atoms with Crippen molar-refractivity contribution >= 4 is 0 Å². The molecule has 4 heteroatoms. The zero-order chi connectivity index (χ0) is 11.0. The highest BCUT2D eigenvalue weighted by molar-refractivity contribution is 5.64. The molecule has 2 aromatic rings. The number of hydrogen-bond donors (Lipinski definition) is 1. The van der Waals surface area contributed by atoms with E-state index in [-0.39, 0.29) is 0 Å². The maximum Gasteiger partial charge on any atom is 0.439 e. The molecule has 0 aliphatic heterocycles. The normalized spacial score (nSPS) is 10.6. The number of benzene rings is 1. The van der Waals surface area contributed by atoms with Crippen molar-refractivity contribution in [3.05, 3.63) is 39.4 Å². The maximum atomic E-state index is 10.9. The highest BCUT2D eigenvalue weighted by Gasteiger charge is 2.10. The standard InChI is InChI=1S/C11H12N2O2/c1-6-4-7(2)9(8(3)5-6)10-12-11(14)15-13-10/h4-5H,1-3H3,(H,12,13,14). The van der Waals surface area contributed by atoms with Gasteiger partial charge in [0, 0.05) is 5.56 Å². The highest BCUT2D eigenvalue weighted by Crippen LogP contribution is 2.24. The Morgan fingerprint density at radius 3 is 2.27 bits per heavy atom.